The average Bonchev–Trinajstić information content (AvgIpc) is 2.65. The molecular weight excluding hydrogens is 306 g/mol. The first-order chi connectivity index (χ1) is 11.7. The molecule has 0 saturated carbocycles. The first-order valence-corrected chi connectivity index (χ1v) is 7.82. The van der Waals surface area contributed by atoms with Gasteiger partial charge in [-0.3, -0.25) is 4.79 Å². The summed E-state index contributed by atoms with van der Waals surface area (Å²) in [5.41, 5.74) is 2.66. The van der Waals surface area contributed by atoms with Crippen LogP contribution in [0.2, 0.25) is 0 Å². The summed E-state index contributed by atoms with van der Waals surface area (Å²) in [4.78, 5) is 26.7. The molecule has 0 aliphatic carbocycles. The smallest absolute Gasteiger partial charge is 0.338 e. The fourth-order valence-electron chi connectivity index (χ4n) is 3.10. The van der Waals surface area contributed by atoms with Crippen molar-refractivity contribution >= 4 is 17.6 Å². The molecule has 0 fully saturated rings. The van der Waals surface area contributed by atoms with E-state index in [1.807, 2.05) is 18.2 Å². The molecule has 5 heteroatoms. The topological polar surface area (TPSA) is 55.8 Å². The van der Waals surface area contributed by atoms with E-state index in [2.05, 4.69) is 0 Å². The second kappa shape index (κ2) is 6.74. The van der Waals surface area contributed by atoms with Gasteiger partial charge in [0.15, 0.2) is 0 Å². The van der Waals surface area contributed by atoms with Crippen LogP contribution in [-0.4, -0.2) is 32.6 Å². The van der Waals surface area contributed by atoms with Crippen molar-refractivity contribution in [2.24, 2.45) is 0 Å². The van der Waals surface area contributed by atoms with Crippen LogP contribution in [0.1, 0.15) is 32.7 Å². The second-order valence-electron chi connectivity index (χ2n) is 5.56. The highest BCUT2D eigenvalue weighted by Crippen LogP contribution is 2.32. The molecule has 1 heterocycles. The van der Waals surface area contributed by atoms with Crippen LogP contribution < -0.4 is 9.64 Å². The summed E-state index contributed by atoms with van der Waals surface area (Å²) >= 11 is 0. The monoisotopic (exact) mass is 325 g/mol. The van der Waals surface area contributed by atoms with Gasteiger partial charge in [-0.15, -0.1) is 0 Å². The lowest BCUT2D eigenvalue weighted by atomic mass is 9.95. The van der Waals surface area contributed by atoms with Gasteiger partial charge in [0.05, 0.1) is 25.3 Å². The highest BCUT2D eigenvalue weighted by molar-refractivity contribution is 6.09. The largest absolute Gasteiger partial charge is 0.496 e. The predicted molar refractivity (Wildman–Crippen MR) is 90.8 cm³/mol. The lowest BCUT2D eigenvalue weighted by Crippen LogP contribution is -2.36. The van der Waals surface area contributed by atoms with Crippen LogP contribution in [0.15, 0.2) is 42.5 Å². The maximum Gasteiger partial charge on any atom is 0.338 e. The molecule has 0 aromatic heterocycles. The molecule has 0 atom stereocenters. The third-order valence-electron chi connectivity index (χ3n) is 4.24. The Labute approximate surface area is 140 Å². The minimum absolute atomic E-state index is 0.129. The Morgan fingerprint density at radius 2 is 1.75 bits per heavy atom. The van der Waals surface area contributed by atoms with Gasteiger partial charge in [-0.25, -0.2) is 4.79 Å². The molecule has 0 radical (unpaired) electrons. The maximum atomic E-state index is 13.0. The number of methoxy groups -OCH3 is 2. The number of benzene rings is 2. The molecule has 124 valence electrons. The van der Waals surface area contributed by atoms with E-state index in [0.717, 1.165) is 24.1 Å². The molecule has 0 saturated heterocycles. The van der Waals surface area contributed by atoms with Crippen molar-refractivity contribution in [3.05, 3.63) is 59.2 Å². The van der Waals surface area contributed by atoms with Gasteiger partial charge >= 0.3 is 5.97 Å². The Morgan fingerprint density at radius 1 is 1.00 bits per heavy atom. The summed E-state index contributed by atoms with van der Waals surface area (Å²) in [6, 6.07) is 12.5. The van der Waals surface area contributed by atoms with Crippen LogP contribution in [0.3, 0.4) is 0 Å². The third kappa shape index (κ3) is 2.73. The number of nitrogens with zero attached hydrogens (tertiary/aromatic N) is 1. The van der Waals surface area contributed by atoms with Crippen molar-refractivity contribution in [1.82, 2.24) is 0 Å². The number of amides is 1. The molecule has 1 aliphatic heterocycles. The molecule has 0 unspecified atom stereocenters. The van der Waals surface area contributed by atoms with Crippen LogP contribution in [0.25, 0.3) is 0 Å². The summed E-state index contributed by atoms with van der Waals surface area (Å²) in [5.74, 6) is 0.0348. The Bertz CT molecular complexity index is 785. The van der Waals surface area contributed by atoms with Gasteiger partial charge in [0.1, 0.15) is 5.75 Å². The van der Waals surface area contributed by atoms with E-state index < -0.39 is 0 Å². The zero-order valence-corrected chi connectivity index (χ0v) is 13.7. The summed E-state index contributed by atoms with van der Waals surface area (Å²) < 4.78 is 10.2. The number of carbonyl (C=O) groups excluding carboxylic acids is 2. The van der Waals surface area contributed by atoms with Gasteiger partial charge in [0.25, 0.3) is 5.91 Å². The fraction of sp³-hybridized carbons (Fsp3) is 0.263. The highest BCUT2D eigenvalue weighted by Gasteiger charge is 2.28. The SMILES string of the molecule is COC(=O)c1cccc2c1CCCN2C(=O)c1ccccc1OC. The number of para-hydroxylation sites is 1. The zero-order chi connectivity index (χ0) is 17.1. The molecule has 5 nitrogen and oxygen atoms in total. The number of esters is 1. The third-order valence-corrected chi connectivity index (χ3v) is 4.24. The van der Waals surface area contributed by atoms with E-state index in [1.54, 1.807) is 36.3 Å². The van der Waals surface area contributed by atoms with Gasteiger partial charge in [0.2, 0.25) is 0 Å². The number of anilines is 1. The van der Waals surface area contributed by atoms with Crippen LogP contribution in [0, 0.1) is 0 Å². The van der Waals surface area contributed by atoms with Gasteiger partial charge in [-0.1, -0.05) is 18.2 Å². The van der Waals surface area contributed by atoms with Crippen LogP contribution in [0.4, 0.5) is 5.69 Å². The van der Waals surface area contributed by atoms with Gasteiger partial charge in [-0.2, -0.15) is 0 Å². The van der Waals surface area contributed by atoms with E-state index in [0.29, 0.717) is 23.4 Å². The van der Waals surface area contributed by atoms with Crippen molar-refractivity contribution in [3.63, 3.8) is 0 Å². The lowest BCUT2D eigenvalue weighted by molar-refractivity contribution is 0.0599. The van der Waals surface area contributed by atoms with Crippen LogP contribution >= 0.6 is 0 Å². The molecule has 0 spiro atoms. The quantitative estimate of drug-likeness (QED) is 0.814. The Balaban J connectivity index is 2.04. The number of hydrogen-bond acceptors (Lipinski definition) is 4. The number of fused-ring (bicyclic) bond motifs is 1. The first kappa shape index (κ1) is 16.1. The summed E-state index contributed by atoms with van der Waals surface area (Å²) in [7, 11) is 2.91. The summed E-state index contributed by atoms with van der Waals surface area (Å²) in [6.45, 7) is 0.606. The second-order valence-corrected chi connectivity index (χ2v) is 5.56. The average molecular weight is 325 g/mol. The molecule has 0 bridgehead atoms. The fourth-order valence-corrected chi connectivity index (χ4v) is 3.10. The number of rotatable bonds is 3. The van der Waals surface area contributed by atoms with Gasteiger partial charge in [-0.05, 0) is 42.7 Å². The maximum absolute atomic E-state index is 13.0. The standard InChI is InChI=1S/C19H19NO4/c1-23-17-11-4-3-7-15(17)18(21)20-12-6-9-13-14(19(22)24-2)8-5-10-16(13)20/h3-5,7-8,10-11H,6,9,12H2,1-2H3. The Morgan fingerprint density at radius 3 is 2.50 bits per heavy atom. The van der Waals surface area contributed by atoms with Crippen molar-refractivity contribution < 1.29 is 19.1 Å². The molecule has 1 aliphatic rings. The summed E-state index contributed by atoms with van der Waals surface area (Å²) in [5, 5.41) is 0. The van der Waals surface area contributed by atoms with E-state index in [9.17, 15) is 9.59 Å². The van der Waals surface area contributed by atoms with Gasteiger partial charge < -0.3 is 14.4 Å². The van der Waals surface area contributed by atoms with Crippen molar-refractivity contribution in [2.75, 3.05) is 25.7 Å². The minimum Gasteiger partial charge on any atom is -0.496 e. The van der Waals surface area contributed by atoms with Crippen LogP contribution in [0.5, 0.6) is 5.75 Å². The summed E-state index contributed by atoms with van der Waals surface area (Å²) in [6.07, 6.45) is 1.54. The van der Waals surface area contributed by atoms with Crippen molar-refractivity contribution in [1.29, 1.82) is 0 Å². The van der Waals surface area contributed by atoms with E-state index in [-0.39, 0.29) is 11.9 Å². The van der Waals surface area contributed by atoms with Crippen molar-refractivity contribution in [2.45, 2.75) is 12.8 Å². The number of carbonyl (C=O) groups is 2. The molecular formula is C19H19NO4. The molecule has 3 rings (SSSR count). The normalized spacial score (nSPS) is 13.2. The molecule has 24 heavy (non-hydrogen) atoms. The first-order valence-electron chi connectivity index (χ1n) is 7.82. The number of hydrogen-bond donors (Lipinski definition) is 0. The molecule has 2 aromatic carbocycles. The van der Waals surface area contributed by atoms with E-state index in [1.165, 1.54) is 7.11 Å². The van der Waals surface area contributed by atoms with Crippen LogP contribution in [-0.2, 0) is 11.2 Å². The number of ether oxygens (including phenoxy) is 2. The molecule has 1 amide bonds. The lowest BCUT2D eigenvalue weighted by Gasteiger charge is -2.31. The van der Waals surface area contributed by atoms with Crippen molar-refractivity contribution in [3.8, 4) is 5.75 Å². The molecule has 0 N–H and O–H groups in total. The molecule has 2 aromatic rings. The van der Waals surface area contributed by atoms with E-state index >= 15 is 0 Å². The van der Waals surface area contributed by atoms with E-state index in [4.69, 9.17) is 9.47 Å². The Kier molecular flexibility index (Phi) is 4.51. The van der Waals surface area contributed by atoms with Gasteiger partial charge in [0, 0.05) is 12.2 Å². The Hall–Kier alpha value is -2.82. The highest BCUT2D eigenvalue weighted by atomic mass is 16.5. The minimum atomic E-state index is -0.376. The predicted octanol–water partition coefficient (Wildman–Crippen LogP) is 3.07. The zero-order valence-electron chi connectivity index (χ0n) is 13.7.